The third-order valence-corrected chi connectivity index (χ3v) is 7.49. The number of fused-ring (bicyclic) bond motifs is 1. The van der Waals surface area contributed by atoms with Crippen molar-refractivity contribution in [2.45, 2.75) is 25.6 Å². The number of likely N-dealkylation sites (N-methyl/N-ethyl adjacent to an activating group) is 1. The molecule has 3 heterocycles. The lowest BCUT2D eigenvalue weighted by Crippen LogP contribution is -2.44. The zero-order valence-electron chi connectivity index (χ0n) is 23.4. The van der Waals surface area contributed by atoms with Crippen molar-refractivity contribution in [2.24, 2.45) is 0 Å². The average molecular weight is 580 g/mol. The number of carbonyl (C=O) groups excluding carboxylic acids is 2. The number of nitrogens with zero attached hydrogens (tertiary/aromatic N) is 3. The first-order chi connectivity index (χ1) is 20.1. The molecule has 8 nitrogen and oxygen atoms in total. The molecule has 1 fully saturated rings. The number of alkyl halides is 3. The Hall–Kier alpha value is -4.22. The highest BCUT2D eigenvalue weighted by Gasteiger charge is 2.34. The van der Waals surface area contributed by atoms with Crippen LogP contribution in [-0.2, 0) is 30.3 Å². The van der Waals surface area contributed by atoms with Crippen molar-refractivity contribution in [2.75, 3.05) is 45.7 Å². The van der Waals surface area contributed by atoms with E-state index >= 15 is 0 Å². The van der Waals surface area contributed by atoms with E-state index in [0.717, 1.165) is 35.7 Å². The van der Waals surface area contributed by atoms with Crippen LogP contribution in [0.25, 0.3) is 11.0 Å². The molecule has 220 valence electrons. The van der Waals surface area contributed by atoms with Gasteiger partial charge in [0.1, 0.15) is 11.3 Å². The van der Waals surface area contributed by atoms with Crippen molar-refractivity contribution >= 4 is 28.6 Å². The Labute approximate surface area is 241 Å². The van der Waals surface area contributed by atoms with Gasteiger partial charge in [0.2, 0.25) is 0 Å². The third kappa shape index (κ3) is 6.97. The molecule has 0 aliphatic carbocycles. The first-order valence-corrected chi connectivity index (χ1v) is 13.7. The fourth-order valence-corrected chi connectivity index (χ4v) is 5.08. The summed E-state index contributed by atoms with van der Waals surface area (Å²) in [5.41, 5.74) is 2.65. The summed E-state index contributed by atoms with van der Waals surface area (Å²) < 4.78 is 46.6. The number of hydrogen-bond donors (Lipinski definition) is 2. The van der Waals surface area contributed by atoms with Crippen LogP contribution in [0.4, 0.5) is 18.9 Å². The number of hydrogen-bond acceptors (Lipinski definition) is 6. The summed E-state index contributed by atoms with van der Waals surface area (Å²) in [6.07, 6.45) is -1.54. The summed E-state index contributed by atoms with van der Waals surface area (Å²) in [6, 6.07) is 14.7. The second-order valence-corrected chi connectivity index (χ2v) is 10.6. The molecule has 11 heteroatoms. The second-order valence-electron chi connectivity index (χ2n) is 10.6. The van der Waals surface area contributed by atoms with Gasteiger partial charge >= 0.3 is 12.1 Å². The van der Waals surface area contributed by atoms with Crippen molar-refractivity contribution in [3.8, 4) is 0 Å². The Balaban J connectivity index is 1.25. The monoisotopic (exact) mass is 579 g/mol. The van der Waals surface area contributed by atoms with Gasteiger partial charge in [-0.25, -0.2) is 9.78 Å². The van der Waals surface area contributed by atoms with Crippen LogP contribution in [-0.4, -0.2) is 72.0 Å². The molecule has 1 aliphatic heterocycles. The minimum Gasteiger partial charge on any atom is -0.464 e. The van der Waals surface area contributed by atoms with Crippen molar-refractivity contribution < 1.29 is 27.5 Å². The van der Waals surface area contributed by atoms with Gasteiger partial charge in [-0.1, -0.05) is 18.2 Å². The highest BCUT2D eigenvalue weighted by atomic mass is 19.4. The third-order valence-electron chi connectivity index (χ3n) is 7.49. The Bertz CT molecular complexity index is 1590. The van der Waals surface area contributed by atoms with E-state index in [1.807, 2.05) is 30.1 Å². The van der Waals surface area contributed by atoms with Gasteiger partial charge in [-0.05, 0) is 73.0 Å². The number of methoxy groups -OCH3 is 1. The summed E-state index contributed by atoms with van der Waals surface area (Å²) >= 11 is 0. The van der Waals surface area contributed by atoms with Crippen molar-refractivity contribution in [3.05, 3.63) is 94.3 Å². The number of anilines is 1. The Morgan fingerprint density at radius 3 is 2.50 bits per heavy atom. The molecular weight excluding hydrogens is 547 g/mol. The van der Waals surface area contributed by atoms with Crippen molar-refractivity contribution in [1.82, 2.24) is 19.8 Å². The molecule has 2 aromatic heterocycles. The molecule has 1 amide bonds. The van der Waals surface area contributed by atoms with E-state index in [1.54, 1.807) is 24.4 Å². The zero-order valence-corrected chi connectivity index (χ0v) is 23.4. The van der Waals surface area contributed by atoms with Gasteiger partial charge < -0.3 is 19.9 Å². The van der Waals surface area contributed by atoms with E-state index in [9.17, 15) is 22.8 Å². The number of nitrogens with one attached hydrogen (secondary N) is 2. The molecule has 42 heavy (non-hydrogen) atoms. The number of amides is 1. The number of rotatable bonds is 8. The molecule has 0 unspecified atom stereocenters. The standard InChI is InChI=1S/C31H32F3N5O3/c1-38-10-12-39(13-11-38)19-23-9-8-22(16-26(23)31(32,33)34)29(40)36-25-5-3-4-20(15-25)6-7-21-14-24-17-27(30(41)42-2)37-28(24)35-18-21/h3-5,8-9,14-18H,6-7,10-13,19H2,1-2H3,(H,35,37)(H,36,40). The minimum absolute atomic E-state index is 0.0490. The number of piperazine rings is 1. The lowest BCUT2D eigenvalue weighted by Gasteiger charge is -2.33. The summed E-state index contributed by atoms with van der Waals surface area (Å²) in [7, 11) is 3.31. The summed E-state index contributed by atoms with van der Waals surface area (Å²) in [4.78, 5) is 36.2. The number of aromatic amines is 1. The maximum Gasteiger partial charge on any atom is 0.416 e. The highest BCUT2D eigenvalue weighted by molar-refractivity contribution is 6.04. The lowest BCUT2D eigenvalue weighted by molar-refractivity contribution is -0.138. The van der Waals surface area contributed by atoms with E-state index in [-0.39, 0.29) is 17.7 Å². The average Bonchev–Trinajstić information content (AvgIpc) is 3.40. The van der Waals surface area contributed by atoms with Gasteiger partial charge in [0.25, 0.3) is 5.91 Å². The van der Waals surface area contributed by atoms with E-state index in [4.69, 9.17) is 4.74 Å². The van der Waals surface area contributed by atoms with Gasteiger partial charge in [-0.3, -0.25) is 9.69 Å². The maximum absolute atomic E-state index is 14.0. The quantitative estimate of drug-likeness (QED) is 0.281. The van der Waals surface area contributed by atoms with E-state index in [2.05, 4.69) is 20.2 Å². The molecule has 1 aliphatic rings. The maximum atomic E-state index is 14.0. The minimum atomic E-state index is -4.57. The Kier molecular flexibility index (Phi) is 8.60. The first kappa shape index (κ1) is 29.3. The van der Waals surface area contributed by atoms with Crippen LogP contribution in [0.5, 0.6) is 0 Å². The second kappa shape index (κ2) is 12.3. The topological polar surface area (TPSA) is 90.6 Å². The lowest BCUT2D eigenvalue weighted by atomic mass is 10.0. The number of H-pyrrole nitrogens is 1. The molecule has 2 N–H and O–H groups in total. The highest BCUT2D eigenvalue weighted by Crippen LogP contribution is 2.34. The normalized spacial score (nSPS) is 14.7. The number of aryl methyl sites for hydroxylation is 2. The molecular formula is C31H32F3N5O3. The van der Waals surface area contributed by atoms with Gasteiger partial charge in [0.05, 0.1) is 12.7 Å². The summed E-state index contributed by atoms with van der Waals surface area (Å²) in [6.45, 7) is 3.18. The number of aromatic nitrogens is 2. The van der Waals surface area contributed by atoms with Gasteiger partial charge in [0, 0.05) is 55.6 Å². The number of benzene rings is 2. The molecule has 0 saturated carbocycles. The van der Waals surface area contributed by atoms with Crippen LogP contribution < -0.4 is 5.32 Å². The van der Waals surface area contributed by atoms with E-state index in [0.29, 0.717) is 43.0 Å². The van der Waals surface area contributed by atoms with Gasteiger partial charge in [-0.2, -0.15) is 13.2 Å². The predicted molar refractivity (Wildman–Crippen MR) is 153 cm³/mol. The molecule has 0 atom stereocenters. The first-order valence-electron chi connectivity index (χ1n) is 13.7. The van der Waals surface area contributed by atoms with E-state index < -0.39 is 23.6 Å². The number of ether oxygens (including phenoxy) is 1. The van der Waals surface area contributed by atoms with Crippen molar-refractivity contribution in [3.63, 3.8) is 0 Å². The number of pyridine rings is 1. The molecule has 4 aromatic rings. The van der Waals surface area contributed by atoms with Crippen LogP contribution >= 0.6 is 0 Å². The molecule has 1 saturated heterocycles. The molecule has 0 spiro atoms. The zero-order chi connectivity index (χ0) is 29.9. The molecule has 2 aromatic carbocycles. The van der Waals surface area contributed by atoms with Gasteiger partial charge in [-0.15, -0.1) is 0 Å². The Morgan fingerprint density at radius 2 is 1.76 bits per heavy atom. The van der Waals surface area contributed by atoms with Crippen LogP contribution in [0.2, 0.25) is 0 Å². The number of carbonyl (C=O) groups is 2. The summed E-state index contributed by atoms with van der Waals surface area (Å²) in [5, 5.41) is 3.53. The fourth-order valence-electron chi connectivity index (χ4n) is 5.08. The van der Waals surface area contributed by atoms with Gasteiger partial charge in [0.15, 0.2) is 0 Å². The predicted octanol–water partition coefficient (Wildman–Crippen LogP) is 5.15. The molecule has 5 rings (SSSR count). The smallest absolute Gasteiger partial charge is 0.416 e. The van der Waals surface area contributed by atoms with Crippen LogP contribution in [0.15, 0.2) is 60.8 Å². The van der Waals surface area contributed by atoms with Crippen LogP contribution in [0, 0.1) is 0 Å². The number of esters is 1. The van der Waals surface area contributed by atoms with Crippen molar-refractivity contribution in [1.29, 1.82) is 0 Å². The number of halogens is 3. The largest absolute Gasteiger partial charge is 0.464 e. The molecule has 0 bridgehead atoms. The van der Waals surface area contributed by atoms with Crippen LogP contribution in [0.1, 0.15) is 43.1 Å². The van der Waals surface area contributed by atoms with E-state index in [1.165, 1.54) is 19.2 Å². The fraction of sp³-hybridized carbons (Fsp3) is 0.323. The summed E-state index contributed by atoms with van der Waals surface area (Å²) in [5.74, 6) is -1.07. The SMILES string of the molecule is COC(=O)c1cc2cc(CCc3cccc(NC(=O)c4ccc(CN5CCN(C)CC5)c(C(F)(F)F)c4)c3)cnc2[nH]1. The Morgan fingerprint density at radius 1 is 1.00 bits per heavy atom. The van der Waals surface area contributed by atoms with Crippen LogP contribution in [0.3, 0.4) is 0 Å². The molecule has 0 radical (unpaired) electrons.